The molecule has 2 fully saturated rings. The highest BCUT2D eigenvalue weighted by Crippen LogP contribution is 2.33. The van der Waals surface area contributed by atoms with E-state index in [9.17, 15) is 0 Å². The standard InChI is InChI=1S/C11H21NO/c1-11(5-3-2-4-6-11)12-7-9-13-10-8-12/h2-10H2,1H3. The summed E-state index contributed by atoms with van der Waals surface area (Å²) < 4.78 is 5.39. The molecule has 1 heterocycles. The predicted molar refractivity (Wildman–Crippen MR) is 53.9 cm³/mol. The molecule has 13 heavy (non-hydrogen) atoms. The first-order chi connectivity index (χ1) is 6.31. The third-order valence-corrected chi connectivity index (χ3v) is 3.71. The summed E-state index contributed by atoms with van der Waals surface area (Å²) >= 11 is 0. The summed E-state index contributed by atoms with van der Waals surface area (Å²) in [6.45, 7) is 6.62. The second-order valence-corrected chi connectivity index (χ2v) is 4.66. The van der Waals surface area contributed by atoms with Gasteiger partial charge >= 0.3 is 0 Å². The van der Waals surface area contributed by atoms with Crippen molar-refractivity contribution < 1.29 is 4.74 Å². The van der Waals surface area contributed by atoms with Crippen molar-refractivity contribution in [2.75, 3.05) is 26.3 Å². The largest absolute Gasteiger partial charge is 0.379 e. The molecular formula is C11H21NO. The first kappa shape index (κ1) is 9.47. The van der Waals surface area contributed by atoms with Crippen molar-refractivity contribution >= 4 is 0 Å². The minimum absolute atomic E-state index is 0.502. The summed E-state index contributed by atoms with van der Waals surface area (Å²) in [5, 5.41) is 0. The molecule has 0 bridgehead atoms. The molecule has 0 aromatic carbocycles. The molecule has 1 aliphatic carbocycles. The Morgan fingerprint density at radius 1 is 1.00 bits per heavy atom. The fourth-order valence-electron chi connectivity index (χ4n) is 2.73. The summed E-state index contributed by atoms with van der Waals surface area (Å²) in [6, 6.07) is 0. The van der Waals surface area contributed by atoms with Crippen molar-refractivity contribution in [2.24, 2.45) is 0 Å². The average molecular weight is 183 g/mol. The zero-order chi connectivity index (χ0) is 9.15. The van der Waals surface area contributed by atoms with Crippen molar-refractivity contribution in [3.05, 3.63) is 0 Å². The summed E-state index contributed by atoms with van der Waals surface area (Å²) in [4.78, 5) is 2.65. The van der Waals surface area contributed by atoms with Crippen LogP contribution in [0.4, 0.5) is 0 Å². The summed E-state index contributed by atoms with van der Waals surface area (Å²) in [7, 11) is 0. The van der Waals surface area contributed by atoms with Gasteiger partial charge in [0.25, 0.3) is 0 Å². The molecule has 0 amide bonds. The first-order valence-electron chi connectivity index (χ1n) is 5.64. The van der Waals surface area contributed by atoms with E-state index in [2.05, 4.69) is 11.8 Å². The highest BCUT2D eigenvalue weighted by atomic mass is 16.5. The second kappa shape index (κ2) is 3.97. The van der Waals surface area contributed by atoms with E-state index in [1.807, 2.05) is 0 Å². The van der Waals surface area contributed by atoms with Crippen molar-refractivity contribution in [2.45, 2.75) is 44.6 Å². The lowest BCUT2D eigenvalue weighted by atomic mass is 9.81. The number of nitrogens with zero attached hydrogens (tertiary/aromatic N) is 1. The van der Waals surface area contributed by atoms with Crippen LogP contribution in [0.15, 0.2) is 0 Å². The fraction of sp³-hybridized carbons (Fsp3) is 1.00. The molecule has 1 aliphatic heterocycles. The summed E-state index contributed by atoms with van der Waals surface area (Å²) in [5.74, 6) is 0. The van der Waals surface area contributed by atoms with Crippen LogP contribution >= 0.6 is 0 Å². The molecule has 2 heteroatoms. The van der Waals surface area contributed by atoms with E-state index in [-0.39, 0.29) is 0 Å². The first-order valence-corrected chi connectivity index (χ1v) is 5.64. The van der Waals surface area contributed by atoms with E-state index in [0.29, 0.717) is 5.54 Å². The quantitative estimate of drug-likeness (QED) is 0.617. The molecule has 0 spiro atoms. The monoisotopic (exact) mass is 183 g/mol. The normalized spacial score (nSPS) is 30.2. The molecule has 2 nitrogen and oxygen atoms in total. The van der Waals surface area contributed by atoms with Gasteiger partial charge in [-0.3, -0.25) is 4.90 Å². The van der Waals surface area contributed by atoms with Gasteiger partial charge in [-0.05, 0) is 19.8 Å². The average Bonchev–Trinajstić information content (AvgIpc) is 2.20. The molecule has 1 saturated heterocycles. The number of ether oxygens (including phenoxy) is 1. The Labute approximate surface area is 81.3 Å². The number of hydrogen-bond acceptors (Lipinski definition) is 2. The van der Waals surface area contributed by atoms with Crippen LogP contribution in [0.3, 0.4) is 0 Å². The number of morpholine rings is 1. The molecule has 0 atom stereocenters. The van der Waals surface area contributed by atoms with E-state index in [1.54, 1.807) is 0 Å². The van der Waals surface area contributed by atoms with Gasteiger partial charge in [-0.1, -0.05) is 19.3 Å². The van der Waals surface area contributed by atoms with E-state index >= 15 is 0 Å². The van der Waals surface area contributed by atoms with Crippen LogP contribution in [-0.4, -0.2) is 36.7 Å². The van der Waals surface area contributed by atoms with Gasteiger partial charge in [-0.25, -0.2) is 0 Å². The van der Waals surface area contributed by atoms with Crippen LogP contribution in [0.25, 0.3) is 0 Å². The Morgan fingerprint density at radius 2 is 1.62 bits per heavy atom. The topological polar surface area (TPSA) is 12.5 Å². The van der Waals surface area contributed by atoms with Crippen molar-refractivity contribution in [1.82, 2.24) is 4.90 Å². The SMILES string of the molecule is CC1(N2CCOCC2)CCCCC1. The maximum atomic E-state index is 5.39. The summed E-state index contributed by atoms with van der Waals surface area (Å²) in [5.41, 5.74) is 0.502. The van der Waals surface area contributed by atoms with Crippen LogP contribution in [0.1, 0.15) is 39.0 Å². The second-order valence-electron chi connectivity index (χ2n) is 4.66. The third-order valence-electron chi connectivity index (χ3n) is 3.71. The van der Waals surface area contributed by atoms with E-state index in [4.69, 9.17) is 4.74 Å². The molecule has 76 valence electrons. The zero-order valence-electron chi connectivity index (χ0n) is 8.72. The highest BCUT2D eigenvalue weighted by molar-refractivity contribution is 4.89. The lowest BCUT2D eigenvalue weighted by Crippen LogP contribution is -2.52. The number of rotatable bonds is 1. The van der Waals surface area contributed by atoms with Crippen molar-refractivity contribution in [3.8, 4) is 0 Å². The molecular weight excluding hydrogens is 162 g/mol. The highest BCUT2D eigenvalue weighted by Gasteiger charge is 2.33. The van der Waals surface area contributed by atoms with E-state index in [1.165, 1.54) is 32.1 Å². The van der Waals surface area contributed by atoms with Crippen LogP contribution in [0, 0.1) is 0 Å². The minimum atomic E-state index is 0.502. The maximum absolute atomic E-state index is 5.39. The molecule has 2 aliphatic rings. The zero-order valence-corrected chi connectivity index (χ0v) is 8.72. The smallest absolute Gasteiger partial charge is 0.0594 e. The number of hydrogen-bond donors (Lipinski definition) is 0. The molecule has 0 aromatic rings. The maximum Gasteiger partial charge on any atom is 0.0594 e. The van der Waals surface area contributed by atoms with E-state index < -0.39 is 0 Å². The molecule has 0 aromatic heterocycles. The minimum Gasteiger partial charge on any atom is -0.379 e. The lowest BCUT2D eigenvalue weighted by Gasteiger charge is -2.45. The van der Waals surface area contributed by atoms with Gasteiger partial charge in [-0.15, -0.1) is 0 Å². The van der Waals surface area contributed by atoms with Crippen LogP contribution in [-0.2, 0) is 4.74 Å². The van der Waals surface area contributed by atoms with E-state index in [0.717, 1.165) is 26.3 Å². The molecule has 0 radical (unpaired) electrons. The van der Waals surface area contributed by atoms with Gasteiger partial charge in [0.2, 0.25) is 0 Å². The van der Waals surface area contributed by atoms with Gasteiger partial charge in [0, 0.05) is 18.6 Å². The van der Waals surface area contributed by atoms with Crippen LogP contribution < -0.4 is 0 Å². The molecule has 1 saturated carbocycles. The Balaban J connectivity index is 1.94. The lowest BCUT2D eigenvalue weighted by molar-refractivity contribution is -0.0295. The Kier molecular flexibility index (Phi) is 2.89. The molecule has 0 N–H and O–H groups in total. The van der Waals surface area contributed by atoms with Crippen LogP contribution in [0.2, 0.25) is 0 Å². The van der Waals surface area contributed by atoms with Gasteiger partial charge in [0.15, 0.2) is 0 Å². The van der Waals surface area contributed by atoms with Gasteiger partial charge < -0.3 is 4.74 Å². The van der Waals surface area contributed by atoms with Gasteiger partial charge in [-0.2, -0.15) is 0 Å². The predicted octanol–water partition coefficient (Wildman–Crippen LogP) is 2.04. The van der Waals surface area contributed by atoms with Gasteiger partial charge in [0.1, 0.15) is 0 Å². The van der Waals surface area contributed by atoms with Gasteiger partial charge in [0.05, 0.1) is 13.2 Å². The Bertz CT molecular complexity index is 157. The molecule has 0 unspecified atom stereocenters. The van der Waals surface area contributed by atoms with Crippen molar-refractivity contribution in [1.29, 1.82) is 0 Å². The fourth-order valence-corrected chi connectivity index (χ4v) is 2.73. The Hall–Kier alpha value is -0.0800. The third kappa shape index (κ3) is 2.05. The van der Waals surface area contributed by atoms with Crippen LogP contribution in [0.5, 0.6) is 0 Å². The van der Waals surface area contributed by atoms with Crippen molar-refractivity contribution in [3.63, 3.8) is 0 Å². The molecule has 2 rings (SSSR count). The Morgan fingerprint density at radius 3 is 2.23 bits per heavy atom. The summed E-state index contributed by atoms with van der Waals surface area (Å²) in [6.07, 6.45) is 7.08.